The van der Waals surface area contributed by atoms with Crippen LogP contribution in [-0.2, 0) is 28.6 Å². The summed E-state index contributed by atoms with van der Waals surface area (Å²) in [6, 6.07) is 0. The van der Waals surface area contributed by atoms with E-state index in [2.05, 4.69) is 0 Å². The Balaban J connectivity index is 5.51. The van der Waals surface area contributed by atoms with Crippen LogP contribution in [0.2, 0.25) is 0 Å². The van der Waals surface area contributed by atoms with E-state index in [0.717, 1.165) is 0 Å². The summed E-state index contributed by atoms with van der Waals surface area (Å²) < 4.78 is 15.5. The fraction of sp³-hybridized carbons (Fsp3) is 0.850. The Morgan fingerprint density at radius 2 is 0.688 bits per heavy atom. The molecule has 188 valence electrons. The Morgan fingerprint density at radius 3 is 0.844 bits per heavy atom. The molecule has 6 N–H and O–H groups in total. The number of aliphatic hydroxyl groups excluding tert-OH is 6. The summed E-state index contributed by atoms with van der Waals surface area (Å²) in [5.41, 5.74) is -6.10. The van der Waals surface area contributed by atoms with Gasteiger partial charge in [0.2, 0.25) is 0 Å². The van der Waals surface area contributed by atoms with Crippen LogP contribution in [0.3, 0.4) is 0 Å². The van der Waals surface area contributed by atoms with Crippen LogP contribution in [0, 0.1) is 21.7 Å². The van der Waals surface area contributed by atoms with Crippen LogP contribution < -0.4 is 0 Å². The van der Waals surface area contributed by atoms with Crippen LogP contribution >= 0.6 is 0 Å². The van der Waals surface area contributed by atoms with Crippen molar-refractivity contribution in [3.63, 3.8) is 0 Å². The highest BCUT2D eigenvalue weighted by Gasteiger charge is 2.41. The first kappa shape index (κ1) is 30.2. The maximum Gasteiger partial charge on any atom is 0.316 e. The number of aliphatic hydroxyl groups is 6. The Labute approximate surface area is 186 Å². The molecule has 0 rings (SSSR count). The third kappa shape index (κ3) is 7.64. The molecular weight excluding hydrogens is 432 g/mol. The molecule has 0 saturated carbocycles. The molecule has 32 heavy (non-hydrogen) atoms. The molecule has 0 bridgehead atoms. The minimum atomic E-state index is -1.59. The fourth-order valence-electron chi connectivity index (χ4n) is 1.90. The molecule has 0 spiro atoms. The molecule has 12 heteroatoms. The molecular formula is C20H36O12. The van der Waals surface area contributed by atoms with Crippen molar-refractivity contribution in [3.05, 3.63) is 0 Å². The second kappa shape index (κ2) is 12.4. The maximum absolute atomic E-state index is 12.3. The van der Waals surface area contributed by atoms with Gasteiger partial charge in [-0.3, -0.25) is 14.4 Å². The first-order chi connectivity index (χ1) is 14.7. The standard InChI is InChI=1S/C20H36O12/c1-17(11-30-14(27)18(2,5-21)6-22,12-31-15(28)19(3,7-23)8-24)13-32-16(29)20(4,9-25)10-26/h21-26H,5-13H2,1-4H3. The lowest BCUT2D eigenvalue weighted by Gasteiger charge is -2.33. The molecule has 0 atom stereocenters. The van der Waals surface area contributed by atoms with Gasteiger partial charge in [-0.25, -0.2) is 0 Å². The number of hydrogen-bond donors (Lipinski definition) is 6. The lowest BCUT2D eigenvalue weighted by atomic mass is 9.90. The molecule has 0 aromatic heterocycles. The summed E-state index contributed by atoms with van der Waals surface area (Å²) in [6.45, 7) is -0.305. The SMILES string of the molecule is CC(COC(=O)C(C)(CO)CO)(COC(=O)C(C)(CO)CO)COC(=O)C(C)(CO)CO. The first-order valence-corrected chi connectivity index (χ1v) is 9.92. The molecule has 0 aliphatic rings. The summed E-state index contributed by atoms with van der Waals surface area (Å²) in [7, 11) is 0. The number of ether oxygens (including phenoxy) is 3. The number of carbonyl (C=O) groups is 3. The average Bonchev–Trinajstić information content (AvgIpc) is 2.82. The van der Waals surface area contributed by atoms with E-state index in [-0.39, 0.29) is 0 Å². The zero-order chi connectivity index (χ0) is 25.2. The van der Waals surface area contributed by atoms with E-state index in [1.165, 1.54) is 27.7 Å². The average molecular weight is 468 g/mol. The highest BCUT2D eigenvalue weighted by molar-refractivity contribution is 5.78. The Morgan fingerprint density at radius 1 is 0.500 bits per heavy atom. The molecule has 0 aliphatic heterocycles. The van der Waals surface area contributed by atoms with Gasteiger partial charge < -0.3 is 44.8 Å². The molecule has 0 aliphatic carbocycles. The van der Waals surface area contributed by atoms with Gasteiger partial charge in [-0.2, -0.15) is 0 Å². The van der Waals surface area contributed by atoms with Gasteiger partial charge in [-0.1, -0.05) is 0 Å². The minimum absolute atomic E-state index is 0.466. The molecule has 0 amide bonds. The van der Waals surface area contributed by atoms with Gasteiger partial charge >= 0.3 is 17.9 Å². The molecule has 0 aromatic rings. The van der Waals surface area contributed by atoms with Crippen LogP contribution in [0.4, 0.5) is 0 Å². The van der Waals surface area contributed by atoms with E-state index >= 15 is 0 Å². The summed E-state index contributed by atoms with van der Waals surface area (Å²) >= 11 is 0. The Hall–Kier alpha value is -1.83. The lowest BCUT2D eigenvalue weighted by Crippen LogP contribution is -2.45. The highest BCUT2D eigenvalue weighted by atomic mass is 16.6. The highest BCUT2D eigenvalue weighted by Crippen LogP contribution is 2.26. The van der Waals surface area contributed by atoms with Crippen LogP contribution in [0.5, 0.6) is 0 Å². The van der Waals surface area contributed by atoms with Crippen LogP contribution in [-0.4, -0.2) is 108 Å². The van der Waals surface area contributed by atoms with Gasteiger partial charge in [-0.15, -0.1) is 0 Å². The number of carbonyl (C=O) groups excluding carboxylic acids is 3. The van der Waals surface area contributed by atoms with Crippen molar-refractivity contribution >= 4 is 17.9 Å². The maximum atomic E-state index is 12.3. The van der Waals surface area contributed by atoms with Crippen LogP contribution in [0.1, 0.15) is 27.7 Å². The van der Waals surface area contributed by atoms with Gasteiger partial charge in [-0.05, 0) is 27.7 Å². The third-order valence-corrected chi connectivity index (χ3v) is 5.23. The summed E-state index contributed by atoms with van der Waals surface area (Å²) in [5.74, 6) is -2.84. The zero-order valence-electron chi connectivity index (χ0n) is 19.0. The molecule has 0 heterocycles. The largest absolute Gasteiger partial charge is 0.464 e. The van der Waals surface area contributed by atoms with Crippen molar-refractivity contribution in [1.29, 1.82) is 0 Å². The second-order valence-electron chi connectivity index (χ2n) is 9.17. The van der Waals surface area contributed by atoms with Crippen molar-refractivity contribution in [2.45, 2.75) is 27.7 Å². The van der Waals surface area contributed by atoms with Gasteiger partial charge in [0, 0.05) is 0 Å². The molecule has 12 nitrogen and oxygen atoms in total. The Kier molecular flexibility index (Phi) is 11.7. The number of hydrogen-bond acceptors (Lipinski definition) is 12. The topological polar surface area (TPSA) is 200 Å². The van der Waals surface area contributed by atoms with E-state index in [1.807, 2.05) is 0 Å². The molecule has 0 fully saturated rings. The van der Waals surface area contributed by atoms with E-state index in [0.29, 0.717) is 0 Å². The van der Waals surface area contributed by atoms with Gasteiger partial charge in [0.25, 0.3) is 0 Å². The van der Waals surface area contributed by atoms with E-state index in [9.17, 15) is 45.0 Å². The van der Waals surface area contributed by atoms with Crippen LogP contribution in [0.15, 0.2) is 0 Å². The predicted molar refractivity (Wildman–Crippen MR) is 108 cm³/mol. The minimum Gasteiger partial charge on any atom is -0.464 e. The summed E-state index contributed by atoms with van der Waals surface area (Å²) in [6.07, 6.45) is 0. The van der Waals surface area contributed by atoms with E-state index in [1.54, 1.807) is 0 Å². The van der Waals surface area contributed by atoms with Crippen molar-refractivity contribution < 1.29 is 59.2 Å². The smallest absolute Gasteiger partial charge is 0.316 e. The van der Waals surface area contributed by atoms with Crippen LogP contribution in [0.25, 0.3) is 0 Å². The lowest BCUT2D eigenvalue weighted by molar-refractivity contribution is -0.177. The molecule has 0 unspecified atom stereocenters. The predicted octanol–water partition coefficient (Wildman–Crippen LogP) is -2.40. The Bertz CT molecular complexity index is 536. The summed E-state index contributed by atoms with van der Waals surface area (Å²) in [4.78, 5) is 36.8. The first-order valence-electron chi connectivity index (χ1n) is 9.92. The quantitative estimate of drug-likeness (QED) is 0.110. The molecule has 0 radical (unpaired) electrons. The third-order valence-electron chi connectivity index (χ3n) is 5.23. The van der Waals surface area contributed by atoms with Gasteiger partial charge in [0.05, 0.1) is 45.1 Å². The monoisotopic (exact) mass is 468 g/mol. The van der Waals surface area contributed by atoms with E-state index in [4.69, 9.17) is 14.2 Å². The number of rotatable bonds is 15. The summed E-state index contributed by atoms with van der Waals surface area (Å²) in [5, 5.41) is 56.0. The van der Waals surface area contributed by atoms with Crippen molar-refractivity contribution in [1.82, 2.24) is 0 Å². The molecule has 0 saturated heterocycles. The van der Waals surface area contributed by atoms with Crippen molar-refractivity contribution in [3.8, 4) is 0 Å². The van der Waals surface area contributed by atoms with Crippen molar-refractivity contribution in [2.75, 3.05) is 59.5 Å². The second-order valence-corrected chi connectivity index (χ2v) is 9.17. The molecule has 0 aromatic carbocycles. The van der Waals surface area contributed by atoms with Gasteiger partial charge in [0.15, 0.2) is 0 Å². The van der Waals surface area contributed by atoms with E-state index < -0.39 is 99.0 Å². The number of esters is 3. The normalized spacial score (nSPS) is 12.9. The van der Waals surface area contributed by atoms with Crippen molar-refractivity contribution in [2.24, 2.45) is 21.7 Å². The van der Waals surface area contributed by atoms with Gasteiger partial charge in [0.1, 0.15) is 36.1 Å². The fourth-order valence-corrected chi connectivity index (χ4v) is 1.90. The zero-order valence-corrected chi connectivity index (χ0v) is 19.0.